The molecule has 1 saturated heterocycles. The predicted molar refractivity (Wildman–Crippen MR) is 80.3 cm³/mol. The highest BCUT2D eigenvalue weighted by molar-refractivity contribution is 9.10. The molecule has 1 amide bonds. The quantitative estimate of drug-likeness (QED) is 0.873. The van der Waals surface area contributed by atoms with Gasteiger partial charge in [-0.1, -0.05) is 0 Å². The van der Waals surface area contributed by atoms with Crippen molar-refractivity contribution in [2.45, 2.75) is 38.5 Å². The summed E-state index contributed by atoms with van der Waals surface area (Å²) in [4.78, 5) is 25.3. The van der Waals surface area contributed by atoms with E-state index in [9.17, 15) is 9.59 Å². The molecule has 6 nitrogen and oxygen atoms in total. The first kappa shape index (κ1) is 16.0. The van der Waals surface area contributed by atoms with Crippen LogP contribution in [0.3, 0.4) is 0 Å². The van der Waals surface area contributed by atoms with E-state index in [0.29, 0.717) is 25.2 Å². The molecule has 2 atom stereocenters. The number of carbonyl (C=O) groups excluding carboxylic acids is 1. The zero-order valence-electron chi connectivity index (χ0n) is 12.1. The molecule has 0 aliphatic carbocycles. The molecule has 0 spiro atoms. The van der Waals surface area contributed by atoms with Gasteiger partial charge in [0.05, 0.1) is 12.5 Å². The lowest BCUT2D eigenvalue weighted by Crippen LogP contribution is -2.38. The van der Waals surface area contributed by atoms with Crippen LogP contribution in [0.5, 0.6) is 0 Å². The zero-order valence-corrected chi connectivity index (χ0v) is 13.7. The maximum atomic E-state index is 12.7. The molecule has 1 aromatic rings. The van der Waals surface area contributed by atoms with Crippen molar-refractivity contribution in [1.29, 1.82) is 0 Å². The first-order valence-electron chi connectivity index (χ1n) is 6.87. The van der Waals surface area contributed by atoms with Crippen LogP contribution in [0.1, 0.15) is 30.3 Å². The molecule has 21 heavy (non-hydrogen) atoms. The summed E-state index contributed by atoms with van der Waals surface area (Å²) in [5.41, 5.74) is 0.566. The first-order valence-corrected chi connectivity index (χ1v) is 7.66. The van der Waals surface area contributed by atoms with Crippen molar-refractivity contribution in [3.8, 4) is 0 Å². The standard InChI is InChI=1S/C14H19BrN2O4/c1-3-16-7-9(15)4-12(16)14(20)17-8-11(21-2)5-10(17)6-13(18)19/h4,7,10-11H,3,5-6,8H2,1-2H3,(H,18,19). The Morgan fingerprint density at radius 2 is 2.24 bits per heavy atom. The molecule has 7 heteroatoms. The lowest BCUT2D eigenvalue weighted by Gasteiger charge is -2.23. The number of aryl methyl sites for hydroxylation is 1. The van der Waals surface area contributed by atoms with Crippen LogP contribution in [0.4, 0.5) is 0 Å². The lowest BCUT2D eigenvalue weighted by atomic mass is 10.1. The Hall–Kier alpha value is -1.34. The Balaban J connectivity index is 2.24. The van der Waals surface area contributed by atoms with Crippen LogP contribution in [-0.2, 0) is 16.1 Å². The molecular formula is C14H19BrN2O4. The van der Waals surface area contributed by atoms with Crippen molar-refractivity contribution < 1.29 is 19.4 Å². The number of aliphatic carboxylic acids is 1. The van der Waals surface area contributed by atoms with Crippen LogP contribution >= 0.6 is 15.9 Å². The number of aromatic nitrogens is 1. The fourth-order valence-corrected chi connectivity index (χ4v) is 3.21. The molecule has 0 radical (unpaired) electrons. The van der Waals surface area contributed by atoms with Gasteiger partial charge in [0.25, 0.3) is 5.91 Å². The highest BCUT2D eigenvalue weighted by Gasteiger charge is 2.37. The number of carbonyl (C=O) groups is 2. The van der Waals surface area contributed by atoms with E-state index in [1.54, 1.807) is 18.1 Å². The van der Waals surface area contributed by atoms with E-state index in [-0.39, 0.29) is 24.5 Å². The number of rotatable bonds is 5. The molecule has 0 aromatic carbocycles. The smallest absolute Gasteiger partial charge is 0.305 e. The largest absolute Gasteiger partial charge is 0.481 e. The number of carboxylic acids is 1. The number of methoxy groups -OCH3 is 1. The zero-order chi connectivity index (χ0) is 15.6. The van der Waals surface area contributed by atoms with E-state index in [1.807, 2.05) is 17.7 Å². The number of halogens is 1. The summed E-state index contributed by atoms with van der Waals surface area (Å²) < 4.78 is 7.99. The Bertz CT molecular complexity index is 543. The van der Waals surface area contributed by atoms with Gasteiger partial charge in [0, 0.05) is 36.9 Å². The molecule has 0 bridgehead atoms. The Kier molecular flexibility index (Phi) is 5.05. The highest BCUT2D eigenvalue weighted by atomic mass is 79.9. The molecule has 1 aromatic heterocycles. The van der Waals surface area contributed by atoms with Crippen molar-refractivity contribution in [3.63, 3.8) is 0 Å². The first-order chi connectivity index (χ1) is 9.96. The van der Waals surface area contributed by atoms with Crippen molar-refractivity contribution in [3.05, 3.63) is 22.4 Å². The third kappa shape index (κ3) is 3.47. The number of ether oxygens (including phenoxy) is 1. The van der Waals surface area contributed by atoms with Gasteiger partial charge in [0.15, 0.2) is 0 Å². The van der Waals surface area contributed by atoms with E-state index < -0.39 is 5.97 Å². The number of carboxylic acid groups (broad SMARTS) is 1. The molecule has 1 N–H and O–H groups in total. The molecular weight excluding hydrogens is 340 g/mol. The average molecular weight is 359 g/mol. The molecule has 116 valence electrons. The van der Waals surface area contributed by atoms with Gasteiger partial charge in [-0.2, -0.15) is 0 Å². The maximum Gasteiger partial charge on any atom is 0.305 e. The van der Waals surface area contributed by atoms with Crippen LogP contribution in [-0.4, -0.2) is 52.3 Å². The summed E-state index contributed by atoms with van der Waals surface area (Å²) in [5, 5.41) is 9.02. The molecule has 2 unspecified atom stereocenters. The summed E-state index contributed by atoms with van der Waals surface area (Å²) in [7, 11) is 1.59. The van der Waals surface area contributed by atoms with Gasteiger partial charge < -0.3 is 19.3 Å². The van der Waals surface area contributed by atoms with Gasteiger partial charge in [-0.3, -0.25) is 9.59 Å². The molecule has 1 fully saturated rings. The predicted octanol–water partition coefficient (Wildman–Crippen LogP) is 1.97. The summed E-state index contributed by atoms with van der Waals surface area (Å²) >= 11 is 3.37. The number of likely N-dealkylation sites (tertiary alicyclic amines) is 1. The van der Waals surface area contributed by atoms with Crippen molar-refractivity contribution in [2.24, 2.45) is 0 Å². The number of hydrogen-bond donors (Lipinski definition) is 1. The monoisotopic (exact) mass is 358 g/mol. The van der Waals surface area contributed by atoms with Gasteiger partial charge in [0.2, 0.25) is 0 Å². The summed E-state index contributed by atoms with van der Waals surface area (Å²) in [6.45, 7) is 3.07. The third-order valence-electron chi connectivity index (χ3n) is 3.80. The minimum Gasteiger partial charge on any atom is -0.481 e. The molecule has 2 heterocycles. The fraction of sp³-hybridized carbons (Fsp3) is 0.571. The third-order valence-corrected chi connectivity index (χ3v) is 4.24. The van der Waals surface area contributed by atoms with Crippen LogP contribution in [0, 0.1) is 0 Å². The minimum atomic E-state index is -0.901. The van der Waals surface area contributed by atoms with Gasteiger partial charge >= 0.3 is 5.97 Å². The lowest BCUT2D eigenvalue weighted by molar-refractivity contribution is -0.138. The summed E-state index contributed by atoms with van der Waals surface area (Å²) in [5.74, 6) is -1.05. The minimum absolute atomic E-state index is 0.0559. The second kappa shape index (κ2) is 6.62. The SMILES string of the molecule is CCn1cc(Br)cc1C(=O)N1CC(OC)CC1CC(=O)O. The van der Waals surface area contributed by atoms with Crippen LogP contribution in [0.25, 0.3) is 0 Å². The van der Waals surface area contributed by atoms with Crippen molar-refractivity contribution >= 4 is 27.8 Å². The Morgan fingerprint density at radius 1 is 1.52 bits per heavy atom. The molecule has 2 rings (SSSR count). The van der Waals surface area contributed by atoms with Gasteiger partial charge in [0.1, 0.15) is 5.69 Å². The van der Waals surface area contributed by atoms with Crippen molar-refractivity contribution in [1.82, 2.24) is 9.47 Å². The van der Waals surface area contributed by atoms with Gasteiger partial charge in [-0.05, 0) is 35.3 Å². The Labute approximate surface area is 131 Å². The average Bonchev–Trinajstić information content (AvgIpc) is 3.00. The van der Waals surface area contributed by atoms with Gasteiger partial charge in [-0.15, -0.1) is 0 Å². The van der Waals surface area contributed by atoms with E-state index in [0.717, 1.165) is 4.47 Å². The van der Waals surface area contributed by atoms with Crippen LogP contribution in [0.2, 0.25) is 0 Å². The van der Waals surface area contributed by atoms with E-state index in [2.05, 4.69) is 15.9 Å². The highest BCUT2D eigenvalue weighted by Crippen LogP contribution is 2.26. The molecule has 0 saturated carbocycles. The topological polar surface area (TPSA) is 71.8 Å². The molecule has 1 aliphatic heterocycles. The van der Waals surface area contributed by atoms with E-state index in [1.165, 1.54) is 0 Å². The fourth-order valence-electron chi connectivity index (χ4n) is 2.75. The second-order valence-corrected chi connectivity index (χ2v) is 6.05. The van der Waals surface area contributed by atoms with E-state index in [4.69, 9.17) is 9.84 Å². The van der Waals surface area contributed by atoms with Crippen LogP contribution in [0.15, 0.2) is 16.7 Å². The van der Waals surface area contributed by atoms with Gasteiger partial charge in [-0.25, -0.2) is 0 Å². The normalized spacial score (nSPS) is 21.8. The summed E-state index contributed by atoms with van der Waals surface area (Å²) in [6, 6.07) is 1.45. The number of hydrogen-bond acceptors (Lipinski definition) is 3. The number of amides is 1. The second-order valence-electron chi connectivity index (χ2n) is 5.13. The number of nitrogens with zero attached hydrogens (tertiary/aromatic N) is 2. The molecule has 1 aliphatic rings. The van der Waals surface area contributed by atoms with Crippen molar-refractivity contribution in [2.75, 3.05) is 13.7 Å². The summed E-state index contributed by atoms with van der Waals surface area (Å²) in [6.07, 6.45) is 2.25. The Morgan fingerprint density at radius 3 is 2.81 bits per heavy atom. The van der Waals surface area contributed by atoms with Crippen LogP contribution < -0.4 is 0 Å². The maximum absolute atomic E-state index is 12.7. The van der Waals surface area contributed by atoms with E-state index >= 15 is 0 Å².